The number of hydrogen-bond donors (Lipinski definition) is 3. The van der Waals surface area contributed by atoms with Crippen molar-refractivity contribution < 1.29 is 43.0 Å². The van der Waals surface area contributed by atoms with Crippen LogP contribution in [0.2, 0.25) is 0 Å². The first-order valence-electron chi connectivity index (χ1n) is 14.9. The van der Waals surface area contributed by atoms with E-state index >= 15 is 0 Å². The minimum Gasteiger partial charge on any atom is -0.493 e. The SMILES string of the molecule is CCOC(=O)C1=C(C)NC(=O)N[C@H]1c1ccc(OCC(=O)N/N=C\c2cc(Br)c(OCc3cccc([N+](=O)[O-])c3)c(OCC)c2)c(OC)c1. The van der Waals surface area contributed by atoms with Crippen LogP contribution in [0, 0.1) is 10.1 Å². The van der Waals surface area contributed by atoms with Crippen LogP contribution >= 0.6 is 15.9 Å². The quantitative estimate of drug-likeness (QED) is 0.0822. The molecule has 3 aromatic rings. The average Bonchev–Trinajstić information content (AvgIpc) is 3.06. The van der Waals surface area contributed by atoms with Gasteiger partial charge in [0.05, 0.1) is 47.5 Å². The Morgan fingerprint density at radius 1 is 1.04 bits per heavy atom. The molecule has 1 aliphatic rings. The second kappa shape index (κ2) is 17.0. The first-order chi connectivity index (χ1) is 23.5. The molecular formula is C33H34BrN5O10. The summed E-state index contributed by atoms with van der Waals surface area (Å²) >= 11 is 3.47. The molecule has 16 heteroatoms. The topological polar surface area (TPSA) is 189 Å². The molecule has 0 spiro atoms. The number of carbonyl (C=O) groups excluding carboxylic acids is 3. The molecule has 15 nitrogen and oxygen atoms in total. The smallest absolute Gasteiger partial charge is 0.338 e. The van der Waals surface area contributed by atoms with Gasteiger partial charge in [0.25, 0.3) is 11.6 Å². The highest BCUT2D eigenvalue weighted by atomic mass is 79.9. The van der Waals surface area contributed by atoms with Crippen molar-refractivity contribution in [1.29, 1.82) is 0 Å². The van der Waals surface area contributed by atoms with Crippen molar-refractivity contribution in [2.75, 3.05) is 26.9 Å². The van der Waals surface area contributed by atoms with Gasteiger partial charge in [-0.15, -0.1) is 0 Å². The molecule has 49 heavy (non-hydrogen) atoms. The number of nitro benzene ring substituents is 1. The van der Waals surface area contributed by atoms with Crippen LogP contribution in [-0.4, -0.2) is 56.0 Å². The number of rotatable bonds is 15. The minimum atomic E-state index is -0.801. The fraction of sp³-hybridized carbons (Fsp3) is 0.273. The Labute approximate surface area is 289 Å². The van der Waals surface area contributed by atoms with E-state index in [9.17, 15) is 24.5 Å². The molecule has 0 aliphatic carbocycles. The summed E-state index contributed by atoms with van der Waals surface area (Å²) in [5.74, 6) is 0.181. The highest BCUT2D eigenvalue weighted by molar-refractivity contribution is 9.10. The molecule has 1 heterocycles. The van der Waals surface area contributed by atoms with Gasteiger partial charge in [0.1, 0.15) is 6.61 Å². The van der Waals surface area contributed by atoms with Crippen molar-refractivity contribution in [2.45, 2.75) is 33.4 Å². The molecule has 0 bridgehead atoms. The summed E-state index contributed by atoms with van der Waals surface area (Å²) in [7, 11) is 1.42. The molecule has 0 radical (unpaired) electrons. The Kier molecular flexibility index (Phi) is 12.5. The predicted octanol–water partition coefficient (Wildman–Crippen LogP) is 5.06. The number of hydrazone groups is 1. The number of allylic oxidation sites excluding steroid dienone is 1. The van der Waals surface area contributed by atoms with Crippen molar-refractivity contribution in [1.82, 2.24) is 16.1 Å². The monoisotopic (exact) mass is 739 g/mol. The number of hydrogen-bond acceptors (Lipinski definition) is 11. The number of carbonyl (C=O) groups is 3. The Bertz CT molecular complexity index is 1800. The van der Waals surface area contributed by atoms with Crippen LogP contribution in [0.4, 0.5) is 10.5 Å². The fourth-order valence-corrected chi connectivity index (χ4v) is 5.32. The van der Waals surface area contributed by atoms with Gasteiger partial charge in [-0.1, -0.05) is 18.2 Å². The van der Waals surface area contributed by atoms with Gasteiger partial charge in [0, 0.05) is 17.8 Å². The van der Waals surface area contributed by atoms with Gasteiger partial charge in [0.15, 0.2) is 29.6 Å². The van der Waals surface area contributed by atoms with E-state index in [0.717, 1.165) is 0 Å². The number of ether oxygens (including phenoxy) is 5. The second-order valence-corrected chi connectivity index (χ2v) is 11.1. The van der Waals surface area contributed by atoms with Gasteiger partial charge >= 0.3 is 12.0 Å². The number of amides is 3. The van der Waals surface area contributed by atoms with Crippen LogP contribution < -0.4 is 35.0 Å². The largest absolute Gasteiger partial charge is 0.493 e. The van der Waals surface area contributed by atoms with Crippen molar-refractivity contribution in [3.8, 4) is 23.0 Å². The molecule has 3 amide bonds. The Morgan fingerprint density at radius 3 is 2.55 bits per heavy atom. The lowest BCUT2D eigenvalue weighted by Crippen LogP contribution is -2.45. The molecule has 0 saturated heterocycles. The Morgan fingerprint density at radius 2 is 1.84 bits per heavy atom. The van der Waals surface area contributed by atoms with E-state index in [1.165, 1.54) is 25.5 Å². The number of nitrogens with zero attached hydrogens (tertiary/aromatic N) is 2. The van der Waals surface area contributed by atoms with Crippen LogP contribution in [-0.2, 0) is 20.9 Å². The average molecular weight is 741 g/mol. The maximum absolute atomic E-state index is 12.6. The summed E-state index contributed by atoms with van der Waals surface area (Å²) in [6.45, 7) is 5.28. The van der Waals surface area contributed by atoms with Crippen LogP contribution in [0.25, 0.3) is 0 Å². The number of esters is 1. The molecule has 1 atom stereocenters. The summed E-state index contributed by atoms with van der Waals surface area (Å²) in [4.78, 5) is 48.0. The lowest BCUT2D eigenvalue weighted by molar-refractivity contribution is -0.384. The van der Waals surface area contributed by atoms with Crippen LogP contribution in [0.1, 0.15) is 43.5 Å². The van der Waals surface area contributed by atoms with Crippen molar-refractivity contribution in [2.24, 2.45) is 5.10 Å². The number of methoxy groups -OCH3 is 1. The molecule has 0 saturated carbocycles. The molecule has 3 N–H and O–H groups in total. The second-order valence-electron chi connectivity index (χ2n) is 10.3. The molecule has 3 aromatic carbocycles. The third-order valence-electron chi connectivity index (χ3n) is 6.88. The van der Waals surface area contributed by atoms with Crippen LogP contribution in [0.5, 0.6) is 23.0 Å². The minimum absolute atomic E-state index is 0.0381. The number of halogens is 1. The highest BCUT2D eigenvalue weighted by Crippen LogP contribution is 2.38. The van der Waals surface area contributed by atoms with Crippen LogP contribution in [0.15, 0.2) is 75.4 Å². The third kappa shape index (κ3) is 9.47. The van der Waals surface area contributed by atoms with E-state index in [0.29, 0.717) is 45.0 Å². The third-order valence-corrected chi connectivity index (χ3v) is 7.47. The molecule has 0 fully saturated rings. The van der Waals surface area contributed by atoms with Gasteiger partial charge in [-0.25, -0.2) is 15.0 Å². The lowest BCUT2D eigenvalue weighted by atomic mass is 9.95. The van der Waals surface area contributed by atoms with Gasteiger partial charge in [-0.2, -0.15) is 5.10 Å². The molecule has 0 aromatic heterocycles. The fourth-order valence-electron chi connectivity index (χ4n) is 4.74. The first kappa shape index (κ1) is 36.2. The normalized spacial score (nSPS) is 14.1. The maximum Gasteiger partial charge on any atom is 0.338 e. The number of benzene rings is 3. The van der Waals surface area contributed by atoms with E-state index in [1.54, 1.807) is 56.3 Å². The maximum atomic E-state index is 12.6. The van der Waals surface area contributed by atoms with Crippen LogP contribution in [0.3, 0.4) is 0 Å². The molecule has 258 valence electrons. The van der Waals surface area contributed by atoms with Crippen molar-refractivity contribution in [3.05, 3.63) is 97.1 Å². The van der Waals surface area contributed by atoms with Crippen molar-refractivity contribution in [3.63, 3.8) is 0 Å². The van der Waals surface area contributed by atoms with Crippen molar-refractivity contribution >= 4 is 45.7 Å². The molecule has 4 rings (SSSR count). The lowest BCUT2D eigenvalue weighted by Gasteiger charge is -2.28. The molecular weight excluding hydrogens is 706 g/mol. The molecule has 0 unspecified atom stereocenters. The summed E-state index contributed by atoms with van der Waals surface area (Å²) < 4.78 is 28.5. The van der Waals surface area contributed by atoms with E-state index in [4.69, 9.17) is 23.7 Å². The van der Waals surface area contributed by atoms with E-state index in [2.05, 4.69) is 37.1 Å². The Balaban J connectivity index is 1.39. The van der Waals surface area contributed by atoms with E-state index < -0.39 is 35.5 Å². The highest BCUT2D eigenvalue weighted by Gasteiger charge is 2.32. The zero-order valence-corrected chi connectivity index (χ0v) is 28.6. The number of nitro groups is 1. The van der Waals surface area contributed by atoms with E-state index in [-0.39, 0.29) is 36.0 Å². The van der Waals surface area contributed by atoms with Gasteiger partial charge in [0.2, 0.25) is 0 Å². The Hall–Kier alpha value is -5.64. The van der Waals surface area contributed by atoms with E-state index in [1.807, 2.05) is 6.92 Å². The summed E-state index contributed by atoms with van der Waals surface area (Å²) in [6, 6.07) is 13.0. The first-order valence-corrected chi connectivity index (χ1v) is 15.7. The predicted molar refractivity (Wildman–Crippen MR) is 181 cm³/mol. The zero-order chi connectivity index (χ0) is 35.5. The van der Waals surface area contributed by atoms with Gasteiger partial charge in [-0.3, -0.25) is 14.9 Å². The zero-order valence-electron chi connectivity index (χ0n) is 27.0. The summed E-state index contributed by atoms with van der Waals surface area (Å²) in [5.41, 5.74) is 4.70. The molecule has 1 aliphatic heterocycles. The summed E-state index contributed by atoms with van der Waals surface area (Å²) in [6.07, 6.45) is 1.41. The number of nitrogens with one attached hydrogen (secondary N) is 3. The standard InChI is InChI=1S/C33H34BrN5O10/c1-5-46-27-14-21(13-24(34)31(27)49-17-20-8-7-9-23(12-20)39(43)44)16-35-38-28(40)18-48-25-11-10-22(15-26(25)45-4)30-29(32(41)47-6-2)19(3)36-33(42)37-30/h7-16,30H,5-6,17-18H2,1-4H3,(H,38,40)(H2,36,37,42)/b35-16-/t30-/m0/s1. The summed E-state index contributed by atoms with van der Waals surface area (Å²) in [5, 5.41) is 20.4. The van der Waals surface area contributed by atoms with Gasteiger partial charge < -0.3 is 34.3 Å². The number of non-ortho nitro benzene ring substituents is 1. The van der Waals surface area contributed by atoms with Gasteiger partial charge in [-0.05, 0) is 77.7 Å². The number of urea groups is 1.